The van der Waals surface area contributed by atoms with Crippen LogP contribution in [0.25, 0.3) is 0 Å². The molecule has 1 aromatic heterocycles. The second-order valence-electron chi connectivity index (χ2n) is 8.73. The highest BCUT2D eigenvalue weighted by molar-refractivity contribution is 9.10. The normalized spacial score (nSPS) is 14.7. The van der Waals surface area contributed by atoms with Gasteiger partial charge in [0.15, 0.2) is 11.5 Å². The molecule has 1 atom stereocenters. The van der Waals surface area contributed by atoms with E-state index < -0.39 is 12.0 Å². The van der Waals surface area contributed by atoms with Crippen molar-refractivity contribution < 1.29 is 19.0 Å². The van der Waals surface area contributed by atoms with Crippen molar-refractivity contribution >= 4 is 39.6 Å². The van der Waals surface area contributed by atoms with Gasteiger partial charge < -0.3 is 19.5 Å². The topological polar surface area (TPSA) is 87.5 Å². The van der Waals surface area contributed by atoms with E-state index in [1.54, 1.807) is 23.6 Å². The monoisotopic (exact) mass is 586 g/mol. The second-order valence-corrected chi connectivity index (χ2v) is 10.7. The zero-order valence-corrected chi connectivity index (χ0v) is 24.0. The molecule has 2 heterocycles. The number of hydrogen-bond acceptors (Lipinski definition) is 8. The average Bonchev–Trinajstić information content (AvgIpc) is 3.28. The molecule has 0 spiro atoms. The van der Waals surface area contributed by atoms with E-state index >= 15 is 0 Å². The molecule has 10 heteroatoms. The number of carbonyl (C=O) groups excluding carboxylic acids is 1. The van der Waals surface area contributed by atoms with E-state index in [0.29, 0.717) is 45.0 Å². The van der Waals surface area contributed by atoms with Crippen LogP contribution in [-0.2, 0) is 16.1 Å². The molecule has 0 aliphatic carbocycles. The van der Waals surface area contributed by atoms with Crippen LogP contribution in [-0.4, -0.2) is 40.7 Å². The Hall–Kier alpha value is -2.98. The second kappa shape index (κ2) is 12.0. The maximum absolute atomic E-state index is 12.9. The van der Waals surface area contributed by atoms with Crippen LogP contribution in [0.1, 0.15) is 49.4 Å². The lowest BCUT2D eigenvalue weighted by atomic mass is 9.95. The van der Waals surface area contributed by atoms with Crippen molar-refractivity contribution in [2.24, 2.45) is 0 Å². The van der Waals surface area contributed by atoms with E-state index in [1.807, 2.05) is 44.2 Å². The molecular formula is C27H31BrN4O4S. The average molecular weight is 588 g/mol. The first-order valence-corrected chi connectivity index (χ1v) is 13.8. The van der Waals surface area contributed by atoms with E-state index in [1.165, 1.54) is 12.7 Å². The third-order valence-electron chi connectivity index (χ3n) is 6.00. The number of unbranched alkanes of at least 4 members (excludes halogenated alkanes) is 1. The van der Waals surface area contributed by atoms with Gasteiger partial charge in [-0.2, -0.15) is 4.98 Å². The van der Waals surface area contributed by atoms with Crippen molar-refractivity contribution in [2.75, 3.05) is 25.3 Å². The Morgan fingerprint density at radius 3 is 2.73 bits per heavy atom. The Labute approximate surface area is 229 Å². The quantitative estimate of drug-likeness (QED) is 0.168. The minimum Gasteiger partial charge on any atom is -0.493 e. The number of aromatic nitrogens is 3. The number of methoxy groups -OCH3 is 2. The molecule has 0 amide bonds. The number of carbonyl (C=O) groups is 1. The van der Waals surface area contributed by atoms with Gasteiger partial charge in [-0.1, -0.05) is 54.9 Å². The molecule has 1 aliphatic rings. The number of nitrogens with zero attached hydrogens (tertiary/aromatic N) is 3. The number of thioether (sulfide) groups is 1. The van der Waals surface area contributed by atoms with Gasteiger partial charge >= 0.3 is 5.97 Å². The van der Waals surface area contributed by atoms with Gasteiger partial charge in [0.2, 0.25) is 11.1 Å². The van der Waals surface area contributed by atoms with Crippen LogP contribution >= 0.6 is 27.7 Å². The summed E-state index contributed by atoms with van der Waals surface area (Å²) in [6, 6.07) is 11.4. The SMILES string of the molecule is CCCCSc1nc2n(n1)C(c1cc(Br)c(OCc3cccc(C)c3)c(OC)c1)C(C(=O)OC)=C(C)N2. The minimum absolute atomic E-state index is 0.390. The molecule has 3 aromatic rings. The first-order chi connectivity index (χ1) is 17.9. The van der Waals surface area contributed by atoms with E-state index in [4.69, 9.17) is 19.3 Å². The first-order valence-electron chi connectivity index (χ1n) is 12.1. The molecule has 0 saturated heterocycles. The minimum atomic E-state index is -0.562. The highest BCUT2D eigenvalue weighted by atomic mass is 79.9. The first kappa shape index (κ1) is 27.1. The highest BCUT2D eigenvalue weighted by Gasteiger charge is 2.36. The molecule has 196 valence electrons. The van der Waals surface area contributed by atoms with E-state index in [-0.39, 0.29) is 0 Å². The lowest BCUT2D eigenvalue weighted by Crippen LogP contribution is -2.29. The number of benzene rings is 2. The van der Waals surface area contributed by atoms with E-state index in [2.05, 4.69) is 39.2 Å². The predicted molar refractivity (Wildman–Crippen MR) is 148 cm³/mol. The Balaban J connectivity index is 1.73. The zero-order valence-electron chi connectivity index (χ0n) is 21.6. The smallest absolute Gasteiger partial charge is 0.338 e. The lowest BCUT2D eigenvalue weighted by Gasteiger charge is -2.28. The van der Waals surface area contributed by atoms with Gasteiger partial charge in [0.25, 0.3) is 0 Å². The standard InChI is InChI=1S/C27H31BrN4O4S/c1-6-7-11-37-27-30-26-29-17(3)22(25(33)35-5)23(32(26)31-27)19-13-20(28)24(21(14-19)34-4)36-15-18-10-8-9-16(2)12-18/h8-10,12-14,23H,6-7,11,15H2,1-5H3,(H,29,30,31). The molecule has 0 radical (unpaired) electrons. The van der Waals surface area contributed by atoms with Gasteiger partial charge in [0, 0.05) is 11.4 Å². The van der Waals surface area contributed by atoms with Crippen LogP contribution in [0.3, 0.4) is 0 Å². The van der Waals surface area contributed by atoms with E-state index in [0.717, 1.165) is 29.7 Å². The summed E-state index contributed by atoms with van der Waals surface area (Å²) < 4.78 is 19.5. The Morgan fingerprint density at radius 2 is 2.03 bits per heavy atom. The lowest BCUT2D eigenvalue weighted by molar-refractivity contribution is -0.136. The highest BCUT2D eigenvalue weighted by Crippen LogP contribution is 2.43. The van der Waals surface area contributed by atoms with Gasteiger partial charge in [-0.3, -0.25) is 0 Å². The van der Waals surface area contributed by atoms with Crippen LogP contribution in [0.2, 0.25) is 0 Å². The number of fused-ring (bicyclic) bond motifs is 1. The van der Waals surface area contributed by atoms with Crippen molar-refractivity contribution in [3.05, 3.63) is 68.8 Å². The van der Waals surface area contributed by atoms with Gasteiger partial charge in [-0.05, 0) is 59.5 Å². The Bertz CT molecular complexity index is 1320. The molecule has 0 fully saturated rings. The molecule has 37 heavy (non-hydrogen) atoms. The number of aryl methyl sites for hydroxylation is 1. The summed E-state index contributed by atoms with van der Waals surface area (Å²) in [5.41, 5.74) is 4.12. The molecule has 0 bridgehead atoms. The largest absolute Gasteiger partial charge is 0.493 e. The van der Waals surface area contributed by atoms with Crippen molar-refractivity contribution in [3.63, 3.8) is 0 Å². The fraction of sp³-hybridized carbons (Fsp3) is 0.370. The zero-order chi connectivity index (χ0) is 26.5. The van der Waals surface area contributed by atoms with Crippen molar-refractivity contribution in [1.29, 1.82) is 0 Å². The number of rotatable bonds is 10. The van der Waals surface area contributed by atoms with Crippen LogP contribution < -0.4 is 14.8 Å². The van der Waals surface area contributed by atoms with E-state index in [9.17, 15) is 4.79 Å². The number of ether oxygens (including phenoxy) is 3. The molecule has 1 aliphatic heterocycles. The molecule has 1 N–H and O–H groups in total. The summed E-state index contributed by atoms with van der Waals surface area (Å²) in [4.78, 5) is 17.6. The van der Waals surface area contributed by atoms with Gasteiger partial charge in [0.1, 0.15) is 12.6 Å². The summed E-state index contributed by atoms with van der Waals surface area (Å²) in [5, 5.41) is 8.63. The maximum atomic E-state index is 12.9. The number of allylic oxidation sites excluding steroid dienone is 1. The Morgan fingerprint density at radius 1 is 1.22 bits per heavy atom. The Kier molecular flexibility index (Phi) is 8.81. The maximum Gasteiger partial charge on any atom is 0.338 e. The van der Waals surface area contributed by atoms with Gasteiger partial charge in [0.05, 0.1) is 24.3 Å². The number of esters is 1. The molecule has 0 saturated carbocycles. The fourth-order valence-electron chi connectivity index (χ4n) is 4.18. The van der Waals surface area contributed by atoms with Gasteiger partial charge in [-0.25, -0.2) is 9.48 Å². The number of hydrogen-bond donors (Lipinski definition) is 1. The number of halogens is 1. The van der Waals surface area contributed by atoms with Gasteiger partial charge in [-0.15, -0.1) is 5.10 Å². The summed E-state index contributed by atoms with van der Waals surface area (Å²) in [6.07, 6.45) is 2.17. The van der Waals surface area contributed by atoms with Crippen LogP contribution in [0.15, 0.2) is 57.3 Å². The van der Waals surface area contributed by atoms with Crippen molar-refractivity contribution in [1.82, 2.24) is 14.8 Å². The third kappa shape index (κ3) is 5.96. The summed E-state index contributed by atoms with van der Waals surface area (Å²) in [5.74, 6) is 2.18. The fourth-order valence-corrected chi connectivity index (χ4v) is 5.66. The summed E-state index contributed by atoms with van der Waals surface area (Å²) in [6.45, 7) is 6.43. The number of anilines is 1. The molecule has 4 rings (SSSR count). The molecule has 2 aromatic carbocycles. The summed E-state index contributed by atoms with van der Waals surface area (Å²) >= 11 is 5.27. The molecule has 8 nitrogen and oxygen atoms in total. The van der Waals surface area contributed by atoms with Crippen LogP contribution in [0, 0.1) is 6.92 Å². The van der Waals surface area contributed by atoms with Crippen LogP contribution in [0.4, 0.5) is 5.95 Å². The third-order valence-corrected chi connectivity index (χ3v) is 7.51. The van der Waals surface area contributed by atoms with Crippen molar-refractivity contribution in [3.8, 4) is 11.5 Å². The molecular weight excluding hydrogens is 556 g/mol. The predicted octanol–water partition coefficient (Wildman–Crippen LogP) is 6.29. The summed E-state index contributed by atoms with van der Waals surface area (Å²) in [7, 11) is 2.97. The molecule has 1 unspecified atom stereocenters. The number of nitrogens with one attached hydrogen (secondary N) is 1. The van der Waals surface area contributed by atoms with Crippen LogP contribution in [0.5, 0.6) is 11.5 Å². The van der Waals surface area contributed by atoms with Crippen molar-refractivity contribution in [2.45, 2.75) is 51.4 Å².